The van der Waals surface area contributed by atoms with Gasteiger partial charge in [0, 0.05) is 13.1 Å². The first-order valence-electron chi connectivity index (χ1n) is 7.09. The zero-order chi connectivity index (χ0) is 12.5. The van der Waals surface area contributed by atoms with Crippen LogP contribution in [0.5, 0.6) is 0 Å². The zero-order valence-electron chi connectivity index (χ0n) is 11.4. The van der Waals surface area contributed by atoms with Crippen molar-refractivity contribution in [2.45, 2.75) is 44.7 Å². The fraction of sp³-hybridized carbons (Fsp3) is 0.846. The summed E-state index contributed by atoms with van der Waals surface area (Å²) in [6.07, 6.45) is 5.07. The summed E-state index contributed by atoms with van der Waals surface area (Å²) >= 11 is 0. The molecular weight excluding hydrogens is 226 g/mol. The standard InChI is InChI=1S/C13H23N5/c1-10-15-16-13(17(10)2)12-4-3-9-18(12)11-5-7-14-8-6-11/h11-12,14H,3-9H2,1-2H3. The molecule has 1 atom stereocenters. The van der Waals surface area contributed by atoms with E-state index in [1.165, 1.54) is 32.2 Å². The number of rotatable bonds is 2. The van der Waals surface area contributed by atoms with Crippen LogP contribution in [0.25, 0.3) is 0 Å². The normalized spacial score (nSPS) is 26.9. The molecule has 2 fully saturated rings. The Morgan fingerprint density at radius 2 is 1.94 bits per heavy atom. The third-order valence-electron chi connectivity index (χ3n) is 4.50. The Kier molecular flexibility index (Phi) is 3.35. The molecule has 2 saturated heterocycles. The highest BCUT2D eigenvalue weighted by atomic mass is 15.3. The molecule has 0 aromatic carbocycles. The molecule has 0 spiro atoms. The SMILES string of the molecule is Cc1nnc(C2CCCN2C2CCNCC2)n1C. The van der Waals surface area contributed by atoms with Crippen molar-refractivity contribution in [3.63, 3.8) is 0 Å². The number of aromatic nitrogens is 3. The summed E-state index contributed by atoms with van der Waals surface area (Å²) in [5.41, 5.74) is 0. The highest BCUT2D eigenvalue weighted by Gasteiger charge is 2.34. The van der Waals surface area contributed by atoms with Gasteiger partial charge in [0.05, 0.1) is 6.04 Å². The van der Waals surface area contributed by atoms with Crippen molar-refractivity contribution in [3.8, 4) is 0 Å². The van der Waals surface area contributed by atoms with Crippen molar-refractivity contribution < 1.29 is 0 Å². The van der Waals surface area contributed by atoms with Crippen LogP contribution in [0.1, 0.15) is 43.4 Å². The molecule has 1 aromatic heterocycles. The monoisotopic (exact) mass is 249 g/mol. The number of likely N-dealkylation sites (tertiary alicyclic amines) is 1. The molecular formula is C13H23N5. The Labute approximate surface area is 109 Å². The predicted molar refractivity (Wildman–Crippen MR) is 70.3 cm³/mol. The number of hydrogen-bond acceptors (Lipinski definition) is 4. The van der Waals surface area contributed by atoms with Gasteiger partial charge in [-0.2, -0.15) is 0 Å². The van der Waals surface area contributed by atoms with Gasteiger partial charge in [-0.3, -0.25) is 4.90 Å². The second-order valence-electron chi connectivity index (χ2n) is 5.54. The van der Waals surface area contributed by atoms with Crippen LogP contribution >= 0.6 is 0 Å². The van der Waals surface area contributed by atoms with Crippen LogP contribution in [0.3, 0.4) is 0 Å². The van der Waals surface area contributed by atoms with Crippen molar-refractivity contribution >= 4 is 0 Å². The van der Waals surface area contributed by atoms with Crippen LogP contribution in [0.15, 0.2) is 0 Å². The van der Waals surface area contributed by atoms with Gasteiger partial charge in [-0.25, -0.2) is 0 Å². The van der Waals surface area contributed by atoms with Gasteiger partial charge in [0.1, 0.15) is 11.6 Å². The maximum atomic E-state index is 4.40. The average Bonchev–Trinajstić information content (AvgIpc) is 2.99. The van der Waals surface area contributed by atoms with Crippen molar-refractivity contribution in [1.29, 1.82) is 0 Å². The summed E-state index contributed by atoms with van der Waals surface area (Å²) in [4.78, 5) is 2.67. The summed E-state index contributed by atoms with van der Waals surface area (Å²) in [7, 11) is 2.09. The molecule has 1 aromatic rings. The topological polar surface area (TPSA) is 46.0 Å². The van der Waals surface area contributed by atoms with Crippen molar-refractivity contribution in [2.75, 3.05) is 19.6 Å². The van der Waals surface area contributed by atoms with E-state index in [1.54, 1.807) is 0 Å². The molecule has 100 valence electrons. The first-order chi connectivity index (χ1) is 8.77. The number of hydrogen-bond donors (Lipinski definition) is 1. The minimum Gasteiger partial charge on any atom is -0.317 e. The van der Waals surface area contributed by atoms with Gasteiger partial charge in [0.25, 0.3) is 0 Å². The highest BCUT2D eigenvalue weighted by Crippen LogP contribution is 2.34. The molecule has 3 heterocycles. The van der Waals surface area contributed by atoms with Gasteiger partial charge in [-0.1, -0.05) is 0 Å². The fourth-order valence-corrected chi connectivity index (χ4v) is 3.36. The van der Waals surface area contributed by atoms with Crippen LogP contribution in [-0.4, -0.2) is 45.3 Å². The van der Waals surface area contributed by atoms with Crippen LogP contribution in [0.2, 0.25) is 0 Å². The van der Waals surface area contributed by atoms with Gasteiger partial charge in [0.2, 0.25) is 0 Å². The van der Waals surface area contributed by atoms with Gasteiger partial charge >= 0.3 is 0 Å². The molecule has 3 rings (SSSR count). The van der Waals surface area contributed by atoms with Crippen LogP contribution in [0, 0.1) is 6.92 Å². The van der Waals surface area contributed by atoms with E-state index in [-0.39, 0.29) is 0 Å². The molecule has 5 heteroatoms. The molecule has 2 aliphatic heterocycles. The molecule has 2 aliphatic rings. The lowest BCUT2D eigenvalue weighted by Gasteiger charge is -2.35. The summed E-state index contributed by atoms with van der Waals surface area (Å²) < 4.78 is 2.16. The maximum Gasteiger partial charge on any atom is 0.150 e. The van der Waals surface area contributed by atoms with E-state index < -0.39 is 0 Å². The summed E-state index contributed by atoms with van der Waals surface area (Å²) in [6.45, 7) is 5.57. The number of nitrogens with zero attached hydrogens (tertiary/aromatic N) is 4. The Morgan fingerprint density at radius 1 is 1.17 bits per heavy atom. The first-order valence-corrected chi connectivity index (χ1v) is 7.09. The van der Waals surface area contributed by atoms with E-state index >= 15 is 0 Å². The third-order valence-corrected chi connectivity index (χ3v) is 4.50. The van der Waals surface area contributed by atoms with Crippen LogP contribution in [-0.2, 0) is 7.05 Å². The first kappa shape index (κ1) is 12.1. The number of aryl methyl sites for hydroxylation is 1. The van der Waals surface area contributed by atoms with Gasteiger partial charge < -0.3 is 9.88 Å². The molecule has 5 nitrogen and oxygen atoms in total. The minimum atomic E-state index is 0.485. The van der Waals surface area contributed by atoms with Gasteiger partial charge in [-0.05, 0) is 52.2 Å². The summed E-state index contributed by atoms with van der Waals surface area (Å²) in [5.74, 6) is 2.17. The molecule has 1 N–H and O–H groups in total. The van der Waals surface area contributed by atoms with E-state index in [4.69, 9.17) is 0 Å². The zero-order valence-corrected chi connectivity index (χ0v) is 11.4. The summed E-state index contributed by atoms with van der Waals surface area (Å²) in [5, 5.41) is 12.1. The number of piperidine rings is 1. The molecule has 0 aliphatic carbocycles. The predicted octanol–water partition coefficient (Wildman–Crippen LogP) is 1.01. The molecule has 0 amide bonds. The highest BCUT2D eigenvalue weighted by molar-refractivity contribution is 5.03. The van der Waals surface area contributed by atoms with Crippen molar-refractivity contribution in [1.82, 2.24) is 25.0 Å². The molecule has 0 saturated carbocycles. The largest absolute Gasteiger partial charge is 0.317 e. The fourth-order valence-electron chi connectivity index (χ4n) is 3.36. The lowest BCUT2D eigenvalue weighted by atomic mass is 10.0. The number of nitrogens with one attached hydrogen (secondary N) is 1. The molecule has 1 unspecified atom stereocenters. The lowest BCUT2D eigenvalue weighted by Crippen LogP contribution is -2.43. The smallest absolute Gasteiger partial charge is 0.150 e. The second-order valence-corrected chi connectivity index (χ2v) is 5.54. The lowest BCUT2D eigenvalue weighted by molar-refractivity contribution is 0.141. The van der Waals surface area contributed by atoms with E-state index in [0.29, 0.717) is 6.04 Å². The third kappa shape index (κ3) is 2.06. The van der Waals surface area contributed by atoms with Crippen LogP contribution < -0.4 is 5.32 Å². The molecule has 18 heavy (non-hydrogen) atoms. The maximum absolute atomic E-state index is 4.40. The van der Waals surface area contributed by atoms with E-state index in [1.807, 2.05) is 6.92 Å². The minimum absolute atomic E-state index is 0.485. The quantitative estimate of drug-likeness (QED) is 0.850. The second kappa shape index (κ2) is 4.97. The van der Waals surface area contributed by atoms with E-state index in [0.717, 1.165) is 30.8 Å². The van der Waals surface area contributed by atoms with Gasteiger partial charge in [-0.15, -0.1) is 10.2 Å². The van der Waals surface area contributed by atoms with Crippen molar-refractivity contribution in [3.05, 3.63) is 11.6 Å². The summed E-state index contributed by atoms with van der Waals surface area (Å²) in [6, 6.07) is 1.22. The Balaban J connectivity index is 1.80. The van der Waals surface area contributed by atoms with E-state index in [9.17, 15) is 0 Å². The Hall–Kier alpha value is -0.940. The Morgan fingerprint density at radius 3 is 2.61 bits per heavy atom. The van der Waals surface area contributed by atoms with Crippen LogP contribution in [0.4, 0.5) is 0 Å². The van der Waals surface area contributed by atoms with Crippen molar-refractivity contribution in [2.24, 2.45) is 7.05 Å². The van der Waals surface area contributed by atoms with E-state index in [2.05, 4.69) is 32.0 Å². The average molecular weight is 249 g/mol. The molecule has 0 radical (unpaired) electrons. The Bertz CT molecular complexity index is 408. The van der Waals surface area contributed by atoms with Gasteiger partial charge in [0.15, 0.2) is 0 Å². The molecule has 0 bridgehead atoms.